The van der Waals surface area contributed by atoms with E-state index < -0.39 is 11.1 Å². The highest BCUT2D eigenvalue weighted by molar-refractivity contribution is 8.18. The van der Waals surface area contributed by atoms with Gasteiger partial charge in [-0.15, -0.1) is 6.58 Å². The summed E-state index contributed by atoms with van der Waals surface area (Å²) in [5.74, 6) is 0.421. The molecule has 0 spiro atoms. The van der Waals surface area contributed by atoms with Gasteiger partial charge in [0.1, 0.15) is 13.2 Å². The minimum Gasteiger partial charge on any atom is -0.490 e. The van der Waals surface area contributed by atoms with Gasteiger partial charge in [-0.3, -0.25) is 19.3 Å². The van der Waals surface area contributed by atoms with Gasteiger partial charge in [-0.2, -0.15) is 0 Å². The van der Waals surface area contributed by atoms with E-state index >= 15 is 0 Å². The fourth-order valence-electron chi connectivity index (χ4n) is 4.26. The Balaban J connectivity index is 1.58. The molecule has 0 bridgehead atoms. The van der Waals surface area contributed by atoms with Crippen LogP contribution in [0, 0.1) is 0 Å². The summed E-state index contributed by atoms with van der Waals surface area (Å²) in [6.45, 7) is 7.50. The molecule has 2 aromatic rings. The van der Waals surface area contributed by atoms with Crippen molar-refractivity contribution in [3.63, 3.8) is 0 Å². The van der Waals surface area contributed by atoms with Gasteiger partial charge in [-0.1, -0.05) is 35.9 Å². The molecule has 2 aliphatic heterocycles. The van der Waals surface area contributed by atoms with E-state index in [0.717, 1.165) is 40.6 Å². The molecule has 0 aromatic heterocycles. The smallest absolute Gasteiger partial charge is 0.294 e. The fourth-order valence-corrected chi connectivity index (χ4v) is 5.28. The highest BCUT2D eigenvalue weighted by Crippen LogP contribution is 2.38. The normalized spacial score (nSPS) is 16.5. The van der Waals surface area contributed by atoms with Crippen LogP contribution in [0.4, 0.5) is 4.79 Å². The average molecular weight is 541 g/mol. The number of ether oxygens (including phenoxy) is 2. The third-order valence-corrected chi connectivity index (χ3v) is 7.35. The van der Waals surface area contributed by atoms with E-state index in [1.807, 2.05) is 37.3 Å². The SMILES string of the molecule is C=CCc1cc(/C=C2/SC(=O)N(CC(=O)N3CCCC3)C2=O)cc(OCC)c1OCc1ccccc1Cl. The van der Waals surface area contributed by atoms with Gasteiger partial charge in [0.25, 0.3) is 11.1 Å². The van der Waals surface area contributed by atoms with Crippen molar-refractivity contribution in [1.82, 2.24) is 9.80 Å². The number of hydrogen-bond donors (Lipinski definition) is 0. The van der Waals surface area contributed by atoms with E-state index in [2.05, 4.69) is 6.58 Å². The second-order valence-electron chi connectivity index (χ2n) is 8.67. The van der Waals surface area contributed by atoms with Gasteiger partial charge >= 0.3 is 0 Å². The van der Waals surface area contributed by atoms with Crippen molar-refractivity contribution in [2.24, 2.45) is 0 Å². The number of amides is 3. The maximum atomic E-state index is 13.0. The third-order valence-electron chi connectivity index (χ3n) is 6.07. The first kappa shape index (κ1) is 26.8. The number of likely N-dealkylation sites (tertiary alicyclic amines) is 1. The second-order valence-corrected chi connectivity index (χ2v) is 10.1. The average Bonchev–Trinajstić information content (AvgIpc) is 3.50. The molecule has 37 heavy (non-hydrogen) atoms. The molecule has 3 amide bonds. The monoisotopic (exact) mass is 540 g/mol. The minimum atomic E-state index is -0.468. The van der Waals surface area contributed by atoms with Gasteiger partial charge in [0, 0.05) is 29.2 Å². The molecule has 2 aliphatic rings. The lowest BCUT2D eigenvalue weighted by molar-refractivity contribution is -0.135. The number of nitrogens with zero attached hydrogens (tertiary/aromatic N) is 2. The zero-order valence-electron chi connectivity index (χ0n) is 20.7. The summed E-state index contributed by atoms with van der Waals surface area (Å²) in [7, 11) is 0. The summed E-state index contributed by atoms with van der Waals surface area (Å²) in [5, 5.41) is 0.168. The van der Waals surface area contributed by atoms with Gasteiger partial charge in [-0.05, 0) is 67.8 Å². The largest absolute Gasteiger partial charge is 0.490 e. The van der Waals surface area contributed by atoms with Crippen molar-refractivity contribution >= 4 is 46.5 Å². The van der Waals surface area contributed by atoms with Gasteiger partial charge in [0.2, 0.25) is 5.91 Å². The van der Waals surface area contributed by atoms with Crippen molar-refractivity contribution in [1.29, 1.82) is 0 Å². The standard InChI is InChI=1S/C28H29ClN2O5S/c1-3-9-20-14-19(15-23(35-4-2)26(20)36-18-21-10-5-6-11-22(21)29)16-24-27(33)31(28(34)37-24)17-25(32)30-12-7-8-13-30/h3,5-6,10-11,14-16H,1,4,7-9,12-13,17-18H2,2H3/b24-16+. The number of benzene rings is 2. The summed E-state index contributed by atoms with van der Waals surface area (Å²) in [5.41, 5.74) is 2.35. The summed E-state index contributed by atoms with van der Waals surface area (Å²) in [4.78, 5) is 41.1. The molecule has 7 nitrogen and oxygen atoms in total. The molecule has 0 unspecified atom stereocenters. The molecule has 0 N–H and O–H groups in total. The number of hydrogen-bond acceptors (Lipinski definition) is 6. The molecule has 2 saturated heterocycles. The van der Waals surface area contributed by atoms with Crippen LogP contribution in [0.1, 0.15) is 36.5 Å². The van der Waals surface area contributed by atoms with Crippen LogP contribution in [0.25, 0.3) is 6.08 Å². The zero-order valence-corrected chi connectivity index (χ0v) is 22.3. The van der Waals surface area contributed by atoms with E-state index in [4.69, 9.17) is 21.1 Å². The first-order valence-corrected chi connectivity index (χ1v) is 13.4. The molecule has 2 aromatic carbocycles. The minimum absolute atomic E-state index is 0.201. The predicted octanol–water partition coefficient (Wildman–Crippen LogP) is 5.70. The molecule has 0 saturated carbocycles. The van der Waals surface area contributed by atoms with Crippen molar-refractivity contribution in [2.45, 2.75) is 32.8 Å². The Morgan fingerprint density at radius 1 is 1.14 bits per heavy atom. The molecule has 0 radical (unpaired) electrons. The number of rotatable bonds is 10. The van der Waals surface area contributed by atoms with Crippen molar-refractivity contribution in [3.8, 4) is 11.5 Å². The van der Waals surface area contributed by atoms with Crippen molar-refractivity contribution < 1.29 is 23.9 Å². The summed E-state index contributed by atoms with van der Waals surface area (Å²) in [6.07, 6.45) is 5.81. The maximum Gasteiger partial charge on any atom is 0.294 e. The Hall–Kier alpha value is -3.23. The van der Waals surface area contributed by atoms with Crippen LogP contribution in [0.5, 0.6) is 11.5 Å². The van der Waals surface area contributed by atoms with Gasteiger partial charge in [0.05, 0.1) is 11.5 Å². The summed E-state index contributed by atoms with van der Waals surface area (Å²) in [6, 6.07) is 11.1. The molecule has 2 fully saturated rings. The molecule has 4 rings (SSSR count). The number of halogens is 1. The van der Waals surface area contributed by atoms with E-state index in [1.54, 1.807) is 23.1 Å². The molecule has 9 heteroatoms. The first-order chi connectivity index (χ1) is 17.9. The van der Waals surface area contributed by atoms with Gasteiger partial charge in [-0.25, -0.2) is 0 Å². The molecular weight excluding hydrogens is 512 g/mol. The lowest BCUT2D eigenvalue weighted by Crippen LogP contribution is -2.40. The van der Waals surface area contributed by atoms with Crippen molar-refractivity contribution in [2.75, 3.05) is 26.2 Å². The van der Waals surface area contributed by atoms with E-state index in [9.17, 15) is 14.4 Å². The van der Waals surface area contributed by atoms with Crippen molar-refractivity contribution in [3.05, 3.63) is 75.7 Å². The van der Waals surface area contributed by atoms with Crippen LogP contribution >= 0.6 is 23.4 Å². The molecular formula is C28H29ClN2O5S. The Morgan fingerprint density at radius 3 is 2.59 bits per heavy atom. The molecule has 0 aliphatic carbocycles. The van der Waals surface area contributed by atoms with E-state index in [1.165, 1.54) is 0 Å². The van der Waals surface area contributed by atoms with Gasteiger partial charge < -0.3 is 14.4 Å². The third kappa shape index (κ3) is 6.37. The van der Waals surface area contributed by atoms with E-state index in [-0.39, 0.29) is 24.0 Å². The predicted molar refractivity (Wildman–Crippen MR) is 146 cm³/mol. The highest BCUT2D eigenvalue weighted by atomic mass is 35.5. The van der Waals surface area contributed by atoms with Crippen LogP contribution in [0.15, 0.2) is 54.0 Å². The number of carbonyl (C=O) groups is 3. The number of thioether (sulfide) groups is 1. The number of carbonyl (C=O) groups excluding carboxylic acids is 3. The fraction of sp³-hybridized carbons (Fsp3) is 0.321. The number of imide groups is 1. The quantitative estimate of drug-likeness (QED) is 0.284. The second kappa shape index (κ2) is 12.3. The highest BCUT2D eigenvalue weighted by Gasteiger charge is 2.37. The number of allylic oxidation sites excluding steroid dienone is 1. The Kier molecular flexibility index (Phi) is 8.95. The topological polar surface area (TPSA) is 76.2 Å². The zero-order chi connectivity index (χ0) is 26.4. The lowest BCUT2D eigenvalue weighted by Gasteiger charge is -2.18. The van der Waals surface area contributed by atoms with Crippen LogP contribution in [0.2, 0.25) is 5.02 Å². The summed E-state index contributed by atoms with van der Waals surface area (Å²) >= 11 is 7.13. The maximum absolute atomic E-state index is 13.0. The van der Waals surface area contributed by atoms with Crippen LogP contribution in [-0.2, 0) is 22.6 Å². The van der Waals surface area contributed by atoms with Crippen LogP contribution in [0.3, 0.4) is 0 Å². The Labute approximate surface area is 226 Å². The van der Waals surface area contributed by atoms with Crippen LogP contribution < -0.4 is 9.47 Å². The van der Waals surface area contributed by atoms with E-state index in [0.29, 0.717) is 48.2 Å². The summed E-state index contributed by atoms with van der Waals surface area (Å²) < 4.78 is 12.0. The lowest BCUT2D eigenvalue weighted by atomic mass is 10.0. The first-order valence-electron chi connectivity index (χ1n) is 12.2. The van der Waals surface area contributed by atoms with Crippen LogP contribution in [-0.4, -0.2) is 53.1 Å². The van der Waals surface area contributed by atoms with Gasteiger partial charge in [0.15, 0.2) is 11.5 Å². The molecule has 0 atom stereocenters. The Bertz CT molecular complexity index is 1240. The Morgan fingerprint density at radius 2 is 1.89 bits per heavy atom. The molecule has 2 heterocycles. The molecule has 194 valence electrons.